The Morgan fingerprint density at radius 1 is 1.50 bits per heavy atom. The number of nitrogens with two attached hydrogens (primary N) is 1. The third-order valence-electron chi connectivity index (χ3n) is 4.13. The quantitative estimate of drug-likeness (QED) is 0.785. The Hall–Kier alpha value is -1.62. The summed E-state index contributed by atoms with van der Waals surface area (Å²) in [6.45, 7) is 1.30. The number of piperazine rings is 1. The molecule has 0 aliphatic carbocycles. The van der Waals surface area contributed by atoms with Crippen molar-refractivity contribution in [1.29, 1.82) is 0 Å². The number of hydrogen-bond acceptors (Lipinski definition) is 2. The van der Waals surface area contributed by atoms with E-state index in [0.717, 1.165) is 19.4 Å². The predicted molar refractivity (Wildman–Crippen MR) is 65.4 cm³/mol. The van der Waals surface area contributed by atoms with Gasteiger partial charge in [0.15, 0.2) is 0 Å². The van der Waals surface area contributed by atoms with Gasteiger partial charge in [0.2, 0.25) is 0 Å². The Labute approximate surface area is 105 Å². The third kappa shape index (κ3) is 1.43. The zero-order valence-electron chi connectivity index (χ0n) is 10.0. The maximum absolute atomic E-state index is 14.1. The van der Waals surface area contributed by atoms with Gasteiger partial charge >= 0.3 is 6.03 Å². The van der Waals surface area contributed by atoms with Crippen molar-refractivity contribution in [1.82, 2.24) is 10.2 Å². The van der Waals surface area contributed by atoms with Crippen LogP contribution in [0.3, 0.4) is 0 Å². The minimum absolute atomic E-state index is 0.0795. The molecule has 0 spiro atoms. The first-order valence-corrected chi connectivity index (χ1v) is 6.20. The number of benzene rings is 1. The zero-order valence-corrected chi connectivity index (χ0v) is 10.0. The highest BCUT2D eigenvalue weighted by Gasteiger charge is 2.52. The summed E-state index contributed by atoms with van der Waals surface area (Å²) in [7, 11) is 0. The van der Waals surface area contributed by atoms with Crippen LogP contribution < -0.4 is 11.1 Å². The van der Waals surface area contributed by atoms with Crippen molar-refractivity contribution in [3.05, 3.63) is 35.6 Å². The SMILES string of the molecule is NC(=O)N1C2CCC1(c1ccccc1F)CNC2. The van der Waals surface area contributed by atoms with Crippen LogP contribution in [0.25, 0.3) is 0 Å². The molecule has 1 aromatic rings. The topological polar surface area (TPSA) is 58.4 Å². The lowest BCUT2D eigenvalue weighted by molar-refractivity contribution is 0.0969. The van der Waals surface area contributed by atoms with Gasteiger partial charge in [-0.25, -0.2) is 9.18 Å². The molecule has 0 aromatic heterocycles. The normalized spacial score (nSPS) is 30.5. The molecule has 2 saturated heterocycles. The van der Waals surface area contributed by atoms with E-state index in [2.05, 4.69) is 5.32 Å². The van der Waals surface area contributed by atoms with Gasteiger partial charge in [-0.1, -0.05) is 18.2 Å². The van der Waals surface area contributed by atoms with Crippen LogP contribution in [-0.2, 0) is 5.54 Å². The Balaban J connectivity index is 2.12. The molecule has 3 N–H and O–H groups in total. The first kappa shape index (κ1) is 11.5. The van der Waals surface area contributed by atoms with Crippen molar-refractivity contribution in [2.75, 3.05) is 13.1 Å². The van der Waals surface area contributed by atoms with Crippen LogP contribution in [0.1, 0.15) is 18.4 Å². The second-order valence-electron chi connectivity index (χ2n) is 5.04. The van der Waals surface area contributed by atoms with E-state index in [9.17, 15) is 9.18 Å². The molecule has 2 unspecified atom stereocenters. The van der Waals surface area contributed by atoms with Crippen LogP contribution in [0, 0.1) is 5.82 Å². The summed E-state index contributed by atoms with van der Waals surface area (Å²) in [5.74, 6) is -0.270. The van der Waals surface area contributed by atoms with Crippen molar-refractivity contribution in [2.24, 2.45) is 5.73 Å². The number of rotatable bonds is 1. The summed E-state index contributed by atoms with van der Waals surface area (Å²) < 4.78 is 14.1. The van der Waals surface area contributed by atoms with E-state index >= 15 is 0 Å². The predicted octanol–water partition coefficient (Wildman–Crippen LogP) is 1.17. The highest BCUT2D eigenvalue weighted by molar-refractivity contribution is 5.74. The van der Waals surface area contributed by atoms with Gasteiger partial charge in [-0.3, -0.25) is 0 Å². The number of primary amides is 1. The molecule has 2 amide bonds. The molecule has 2 aliphatic heterocycles. The second kappa shape index (κ2) is 3.95. The van der Waals surface area contributed by atoms with E-state index in [1.165, 1.54) is 6.07 Å². The van der Waals surface area contributed by atoms with Gasteiger partial charge in [0.1, 0.15) is 5.82 Å². The van der Waals surface area contributed by atoms with Gasteiger partial charge in [-0.05, 0) is 18.9 Å². The smallest absolute Gasteiger partial charge is 0.315 e. The highest BCUT2D eigenvalue weighted by atomic mass is 19.1. The van der Waals surface area contributed by atoms with Crippen LogP contribution in [-0.4, -0.2) is 30.1 Å². The number of nitrogens with zero attached hydrogens (tertiary/aromatic N) is 1. The zero-order chi connectivity index (χ0) is 12.8. The fourth-order valence-corrected chi connectivity index (χ4v) is 3.41. The van der Waals surface area contributed by atoms with Crippen LogP contribution >= 0.6 is 0 Å². The first-order chi connectivity index (χ1) is 8.65. The molecule has 18 heavy (non-hydrogen) atoms. The van der Waals surface area contributed by atoms with Crippen molar-refractivity contribution >= 4 is 6.03 Å². The Kier molecular flexibility index (Phi) is 2.52. The van der Waals surface area contributed by atoms with Gasteiger partial charge in [0, 0.05) is 24.7 Å². The van der Waals surface area contributed by atoms with Gasteiger partial charge in [0.05, 0.1) is 5.54 Å². The largest absolute Gasteiger partial charge is 0.351 e. The number of hydrogen-bond donors (Lipinski definition) is 2. The maximum Gasteiger partial charge on any atom is 0.315 e. The monoisotopic (exact) mass is 249 g/mol. The molecule has 3 rings (SSSR count). The van der Waals surface area contributed by atoms with Crippen LogP contribution in [0.15, 0.2) is 24.3 Å². The van der Waals surface area contributed by atoms with E-state index in [4.69, 9.17) is 5.73 Å². The molecular formula is C13H16FN3O. The number of fused-ring (bicyclic) bond motifs is 2. The molecule has 4 nitrogen and oxygen atoms in total. The average Bonchev–Trinajstić information content (AvgIpc) is 2.58. The molecule has 1 aromatic carbocycles. The number of amides is 2. The molecule has 2 aliphatic rings. The second-order valence-corrected chi connectivity index (χ2v) is 5.04. The molecule has 5 heteroatoms. The summed E-state index contributed by atoms with van der Waals surface area (Å²) in [6, 6.07) is 6.27. The Bertz CT molecular complexity index is 489. The summed E-state index contributed by atoms with van der Waals surface area (Å²) in [4.78, 5) is 13.4. The summed E-state index contributed by atoms with van der Waals surface area (Å²) >= 11 is 0. The van der Waals surface area contributed by atoms with Gasteiger partial charge in [-0.2, -0.15) is 0 Å². The number of halogens is 1. The van der Waals surface area contributed by atoms with Crippen molar-refractivity contribution < 1.29 is 9.18 Å². The van der Waals surface area contributed by atoms with E-state index in [1.54, 1.807) is 23.1 Å². The van der Waals surface area contributed by atoms with Crippen LogP contribution in [0.5, 0.6) is 0 Å². The molecule has 2 fully saturated rings. The molecule has 2 atom stereocenters. The molecular weight excluding hydrogens is 233 g/mol. The molecule has 2 bridgehead atoms. The summed E-state index contributed by atoms with van der Waals surface area (Å²) in [5.41, 5.74) is 5.45. The number of carbonyl (C=O) groups excluding carboxylic acids is 1. The Morgan fingerprint density at radius 2 is 2.28 bits per heavy atom. The van der Waals surface area contributed by atoms with Crippen molar-refractivity contribution in [3.63, 3.8) is 0 Å². The molecule has 0 saturated carbocycles. The van der Waals surface area contributed by atoms with Crippen LogP contribution in [0.4, 0.5) is 9.18 Å². The Morgan fingerprint density at radius 3 is 3.00 bits per heavy atom. The summed E-state index contributed by atoms with van der Waals surface area (Å²) in [6.07, 6.45) is 1.62. The number of carbonyl (C=O) groups is 1. The first-order valence-electron chi connectivity index (χ1n) is 6.20. The van der Waals surface area contributed by atoms with E-state index in [-0.39, 0.29) is 11.9 Å². The maximum atomic E-state index is 14.1. The van der Waals surface area contributed by atoms with E-state index in [0.29, 0.717) is 12.1 Å². The van der Waals surface area contributed by atoms with E-state index < -0.39 is 11.6 Å². The molecule has 2 heterocycles. The van der Waals surface area contributed by atoms with Crippen LogP contribution in [0.2, 0.25) is 0 Å². The summed E-state index contributed by atoms with van der Waals surface area (Å²) in [5, 5.41) is 3.28. The highest BCUT2D eigenvalue weighted by Crippen LogP contribution is 2.44. The lowest BCUT2D eigenvalue weighted by Gasteiger charge is -2.44. The molecule has 96 valence electrons. The van der Waals surface area contributed by atoms with Gasteiger partial charge in [-0.15, -0.1) is 0 Å². The average molecular weight is 249 g/mol. The van der Waals surface area contributed by atoms with Crippen molar-refractivity contribution in [3.8, 4) is 0 Å². The fourth-order valence-electron chi connectivity index (χ4n) is 3.41. The minimum atomic E-state index is -0.611. The van der Waals surface area contributed by atoms with Gasteiger partial charge < -0.3 is 16.0 Å². The van der Waals surface area contributed by atoms with Crippen molar-refractivity contribution in [2.45, 2.75) is 24.4 Å². The minimum Gasteiger partial charge on any atom is -0.351 e. The fraction of sp³-hybridized carbons (Fsp3) is 0.462. The van der Waals surface area contributed by atoms with Gasteiger partial charge in [0.25, 0.3) is 0 Å². The third-order valence-corrected chi connectivity index (χ3v) is 4.13. The molecule has 0 radical (unpaired) electrons. The lowest BCUT2D eigenvalue weighted by atomic mass is 9.86. The van der Waals surface area contributed by atoms with E-state index in [1.807, 2.05) is 0 Å². The number of urea groups is 1. The standard InChI is InChI=1S/C13H16FN3O/c14-11-4-2-1-3-10(11)13-6-5-9(7-16-8-13)17(13)12(15)18/h1-4,9,16H,5-8H2,(H2,15,18). The lowest BCUT2D eigenvalue weighted by Crippen LogP contribution is -2.62. The number of nitrogens with one attached hydrogen (secondary N) is 1.